The Kier molecular flexibility index (Phi) is 4.27. The first-order valence-electron chi connectivity index (χ1n) is 6.72. The lowest BCUT2D eigenvalue weighted by molar-refractivity contribution is -0.122. The van der Waals surface area contributed by atoms with Gasteiger partial charge in [-0.25, -0.2) is 8.42 Å². The molecule has 18 heavy (non-hydrogen) atoms. The molecular weight excluding hydrogens is 252 g/mol. The summed E-state index contributed by atoms with van der Waals surface area (Å²) in [5, 5.41) is 3.44. The van der Waals surface area contributed by atoms with Crippen LogP contribution >= 0.6 is 0 Å². The first-order valence-corrected chi connectivity index (χ1v) is 8.54. The van der Waals surface area contributed by atoms with Gasteiger partial charge in [-0.15, -0.1) is 0 Å². The van der Waals surface area contributed by atoms with Crippen LogP contribution < -0.4 is 11.1 Å². The van der Waals surface area contributed by atoms with E-state index in [2.05, 4.69) is 5.32 Å². The van der Waals surface area contributed by atoms with Crippen LogP contribution in [0.3, 0.4) is 0 Å². The molecule has 1 heterocycles. The summed E-state index contributed by atoms with van der Waals surface area (Å²) in [5.41, 5.74) is 5.29. The summed E-state index contributed by atoms with van der Waals surface area (Å²) < 4.78 is 23.1. The molecule has 1 unspecified atom stereocenters. The smallest absolute Gasteiger partial charge is 0.220 e. The van der Waals surface area contributed by atoms with Crippen molar-refractivity contribution < 1.29 is 13.2 Å². The van der Waals surface area contributed by atoms with E-state index in [1.807, 2.05) is 0 Å². The van der Waals surface area contributed by atoms with Gasteiger partial charge < -0.3 is 11.1 Å². The van der Waals surface area contributed by atoms with Gasteiger partial charge in [0.1, 0.15) is 0 Å². The molecular formula is C12H22N2O3S. The number of nitrogens with two attached hydrogens (primary N) is 1. The van der Waals surface area contributed by atoms with Crippen molar-refractivity contribution in [1.82, 2.24) is 5.32 Å². The van der Waals surface area contributed by atoms with Gasteiger partial charge in [-0.1, -0.05) is 0 Å². The lowest BCUT2D eigenvalue weighted by atomic mass is 9.85. The highest BCUT2D eigenvalue weighted by atomic mass is 32.2. The number of carbonyl (C=O) groups excluding carboxylic acids is 1. The number of nitrogens with one attached hydrogen (secondary N) is 1. The zero-order valence-corrected chi connectivity index (χ0v) is 11.4. The fraction of sp³-hybridized carbons (Fsp3) is 0.917. The molecule has 2 fully saturated rings. The summed E-state index contributed by atoms with van der Waals surface area (Å²) in [7, 11) is -2.84. The maximum Gasteiger partial charge on any atom is 0.220 e. The zero-order chi connectivity index (χ0) is 13.2. The quantitative estimate of drug-likeness (QED) is 0.769. The molecule has 0 aromatic rings. The monoisotopic (exact) mass is 274 g/mol. The summed E-state index contributed by atoms with van der Waals surface area (Å²) in [4.78, 5) is 11.1. The SMILES string of the molecule is NC(=O)C1CCC(NC2CCCS(=O)(=O)C2)CC1. The van der Waals surface area contributed by atoms with Crippen LogP contribution in [0, 0.1) is 5.92 Å². The normalized spacial score (nSPS) is 36.1. The molecule has 0 bridgehead atoms. The average molecular weight is 274 g/mol. The van der Waals surface area contributed by atoms with E-state index in [0.29, 0.717) is 11.8 Å². The molecule has 0 aromatic heterocycles. The van der Waals surface area contributed by atoms with Gasteiger partial charge in [-0.3, -0.25) is 4.79 Å². The van der Waals surface area contributed by atoms with E-state index in [4.69, 9.17) is 5.73 Å². The van der Waals surface area contributed by atoms with E-state index >= 15 is 0 Å². The van der Waals surface area contributed by atoms with E-state index in [9.17, 15) is 13.2 Å². The lowest BCUT2D eigenvalue weighted by Crippen LogP contribution is -2.47. The minimum atomic E-state index is -2.84. The molecule has 1 atom stereocenters. The Morgan fingerprint density at radius 3 is 2.28 bits per heavy atom. The molecule has 2 rings (SSSR count). The molecule has 1 saturated heterocycles. The third-order valence-electron chi connectivity index (χ3n) is 4.06. The van der Waals surface area contributed by atoms with Crippen LogP contribution in [0.1, 0.15) is 38.5 Å². The van der Waals surface area contributed by atoms with Crippen molar-refractivity contribution in [1.29, 1.82) is 0 Å². The van der Waals surface area contributed by atoms with Crippen molar-refractivity contribution in [2.24, 2.45) is 11.7 Å². The highest BCUT2D eigenvalue weighted by molar-refractivity contribution is 7.91. The van der Waals surface area contributed by atoms with Crippen LogP contribution in [0.25, 0.3) is 0 Å². The number of primary amides is 1. The molecule has 1 saturated carbocycles. The number of sulfone groups is 1. The van der Waals surface area contributed by atoms with Crippen molar-refractivity contribution in [2.45, 2.75) is 50.6 Å². The van der Waals surface area contributed by atoms with Crippen molar-refractivity contribution in [3.05, 3.63) is 0 Å². The maximum atomic E-state index is 11.5. The highest BCUT2D eigenvalue weighted by Gasteiger charge is 2.29. The Balaban J connectivity index is 1.79. The summed E-state index contributed by atoms with van der Waals surface area (Å²) in [6, 6.07) is 0.442. The molecule has 3 N–H and O–H groups in total. The van der Waals surface area contributed by atoms with Crippen molar-refractivity contribution in [2.75, 3.05) is 11.5 Å². The van der Waals surface area contributed by atoms with Crippen LogP contribution in [-0.4, -0.2) is 37.9 Å². The standard InChI is InChI=1S/C12H22N2O3S/c13-12(15)9-3-5-10(6-4-9)14-11-2-1-7-18(16,17)8-11/h9-11,14H,1-8H2,(H2,13,15). The van der Waals surface area contributed by atoms with Crippen LogP contribution in [0.2, 0.25) is 0 Å². The van der Waals surface area contributed by atoms with Crippen molar-refractivity contribution >= 4 is 15.7 Å². The third-order valence-corrected chi connectivity index (χ3v) is 5.88. The predicted octanol–water partition coefficient (Wildman–Crippen LogP) is 0.197. The molecule has 5 nitrogen and oxygen atoms in total. The topological polar surface area (TPSA) is 89.3 Å². The van der Waals surface area contributed by atoms with E-state index in [1.165, 1.54) is 0 Å². The fourth-order valence-electron chi connectivity index (χ4n) is 3.03. The zero-order valence-electron chi connectivity index (χ0n) is 10.6. The fourth-order valence-corrected chi connectivity index (χ4v) is 4.68. The van der Waals surface area contributed by atoms with Crippen molar-refractivity contribution in [3.63, 3.8) is 0 Å². The van der Waals surface area contributed by atoms with E-state index in [0.717, 1.165) is 38.5 Å². The molecule has 1 aliphatic heterocycles. The number of hydrogen-bond acceptors (Lipinski definition) is 4. The summed E-state index contributed by atoms with van der Waals surface area (Å²) in [5.74, 6) is 0.411. The summed E-state index contributed by atoms with van der Waals surface area (Å²) in [6.07, 6.45) is 5.19. The minimum absolute atomic E-state index is 0.0122. The second-order valence-electron chi connectivity index (χ2n) is 5.57. The highest BCUT2D eigenvalue weighted by Crippen LogP contribution is 2.25. The molecule has 2 aliphatic rings. The minimum Gasteiger partial charge on any atom is -0.369 e. The Morgan fingerprint density at radius 1 is 1.06 bits per heavy atom. The first-order chi connectivity index (χ1) is 8.46. The molecule has 0 spiro atoms. The van der Waals surface area contributed by atoms with E-state index < -0.39 is 9.84 Å². The molecule has 1 amide bonds. The predicted molar refractivity (Wildman–Crippen MR) is 69.8 cm³/mol. The number of hydrogen-bond donors (Lipinski definition) is 2. The third kappa shape index (κ3) is 3.68. The summed E-state index contributed by atoms with van der Waals surface area (Å²) >= 11 is 0. The van der Waals surface area contributed by atoms with Gasteiger partial charge in [0.2, 0.25) is 5.91 Å². The number of amides is 1. The molecule has 0 aromatic carbocycles. The number of rotatable bonds is 3. The van der Waals surface area contributed by atoms with Gasteiger partial charge in [0.05, 0.1) is 11.5 Å². The largest absolute Gasteiger partial charge is 0.369 e. The van der Waals surface area contributed by atoms with Gasteiger partial charge in [0, 0.05) is 18.0 Å². The van der Waals surface area contributed by atoms with Crippen LogP contribution in [0.5, 0.6) is 0 Å². The van der Waals surface area contributed by atoms with Gasteiger partial charge in [0.15, 0.2) is 9.84 Å². The second-order valence-corrected chi connectivity index (χ2v) is 7.80. The van der Waals surface area contributed by atoms with Gasteiger partial charge in [-0.05, 0) is 38.5 Å². The van der Waals surface area contributed by atoms with Gasteiger partial charge in [0.25, 0.3) is 0 Å². The van der Waals surface area contributed by atoms with E-state index in [1.54, 1.807) is 0 Å². The van der Waals surface area contributed by atoms with Crippen molar-refractivity contribution in [3.8, 4) is 0 Å². The van der Waals surface area contributed by atoms with Crippen LogP contribution in [0.15, 0.2) is 0 Å². The maximum absolute atomic E-state index is 11.5. The lowest BCUT2D eigenvalue weighted by Gasteiger charge is -2.32. The first kappa shape index (κ1) is 13.8. The van der Waals surface area contributed by atoms with Gasteiger partial charge in [-0.2, -0.15) is 0 Å². The Morgan fingerprint density at radius 2 is 1.72 bits per heavy atom. The molecule has 1 aliphatic carbocycles. The molecule has 0 radical (unpaired) electrons. The molecule has 104 valence electrons. The number of carbonyl (C=O) groups is 1. The van der Waals surface area contributed by atoms with E-state index in [-0.39, 0.29) is 23.6 Å². The van der Waals surface area contributed by atoms with Crippen LogP contribution in [-0.2, 0) is 14.6 Å². The Hall–Kier alpha value is -0.620. The average Bonchev–Trinajstić information content (AvgIpc) is 2.28. The Labute approximate surface area is 108 Å². The second kappa shape index (κ2) is 5.57. The molecule has 6 heteroatoms. The summed E-state index contributed by atoms with van der Waals surface area (Å²) in [6.45, 7) is 0. The van der Waals surface area contributed by atoms with Crippen LogP contribution in [0.4, 0.5) is 0 Å². The van der Waals surface area contributed by atoms with Gasteiger partial charge >= 0.3 is 0 Å². The Bertz CT molecular complexity index is 400.